The van der Waals surface area contributed by atoms with Crippen molar-refractivity contribution in [2.45, 2.75) is 17.9 Å². The van der Waals surface area contributed by atoms with Crippen molar-refractivity contribution in [1.29, 1.82) is 0 Å². The molecule has 150 valence electrons. The van der Waals surface area contributed by atoms with E-state index in [1.807, 2.05) is 6.92 Å². The Morgan fingerprint density at radius 1 is 1.07 bits per heavy atom. The summed E-state index contributed by atoms with van der Waals surface area (Å²) in [6.45, 7) is 7.01. The second kappa shape index (κ2) is 9.11. The van der Waals surface area contributed by atoms with Crippen molar-refractivity contribution in [1.82, 2.24) is 14.5 Å². The number of nitrogens with one attached hydrogen (secondary N) is 1. The molecule has 1 atom stereocenters. The van der Waals surface area contributed by atoms with E-state index in [9.17, 15) is 13.2 Å². The fourth-order valence-corrected chi connectivity index (χ4v) is 4.92. The van der Waals surface area contributed by atoms with Gasteiger partial charge in [-0.25, -0.2) is 8.42 Å². The lowest BCUT2D eigenvalue weighted by Gasteiger charge is -2.29. The lowest BCUT2D eigenvalue weighted by Crippen LogP contribution is -2.46. The zero-order valence-corrected chi connectivity index (χ0v) is 16.4. The molecule has 3 rings (SSSR count). The van der Waals surface area contributed by atoms with Crippen LogP contribution in [0.2, 0.25) is 0 Å². The summed E-state index contributed by atoms with van der Waals surface area (Å²) in [6, 6.07) is 6.27. The monoisotopic (exact) mass is 397 g/mol. The predicted octanol–water partition coefficient (Wildman–Crippen LogP) is 0.158. The van der Waals surface area contributed by atoms with Crippen LogP contribution in [-0.2, 0) is 19.5 Å². The largest absolute Gasteiger partial charge is 0.379 e. The Balaban J connectivity index is 1.71. The van der Waals surface area contributed by atoms with Crippen molar-refractivity contribution < 1.29 is 22.7 Å². The summed E-state index contributed by atoms with van der Waals surface area (Å²) in [7, 11) is -3.74. The van der Waals surface area contributed by atoms with Crippen LogP contribution in [0, 0.1) is 0 Å². The van der Waals surface area contributed by atoms with Crippen LogP contribution < -0.4 is 5.32 Å². The molecule has 1 amide bonds. The number of sulfonamides is 1. The third kappa shape index (κ3) is 5.05. The number of benzene rings is 1. The summed E-state index contributed by atoms with van der Waals surface area (Å²) in [5, 5.41) is 2.93. The van der Waals surface area contributed by atoms with Crippen LogP contribution in [0.4, 0.5) is 0 Å². The Morgan fingerprint density at radius 2 is 1.67 bits per heavy atom. The highest BCUT2D eigenvalue weighted by Crippen LogP contribution is 2.21. The summed E-state index contributed by atoms with van der Waals surface area (Å²) in [6.07, 6.45) is 0. The molecule has 2 aliphatic heterocycles. The topological polar surface area (TPSA) is 88.2 Å². The number of morpholine rings is 2. The summed E-state index contributed by atoms with van der Waals surface area (Å²) in [5.41, 5.74) is 0.179. The second-order valence-electron chi connectivity index (χ2n) is 6.80. The lowest BCUT2D eigenvalue weighted by molar-refractivity contribution is 0.0342. The molecule has 0 bridgehead atoms. The number of carbonyl (C=O) groups is 1. The van der Waals surface area contributed by atoms with Crippen molar-refractivity contribution in [2.24, 2.45) is 0 Å². The van der Waals surface area contributed by atoms with Gasteiger partial charge in [0.15, 0.2) is 0 Å². The van der Waals surface area contributed by atoms with Gasteiger partial charge in [-0.3, -0.25) is 9.69 Å². The summed E-state index contributed by atoms with van der Waals surface area (Å²) in [5.74, 6) is -0.372. The third-order valence-corrected chi connectivity index (χ3v) is 6.69. The normalized spacial score (nSPS) is 20.9. The molecular weight excluding hydrogens is 370 g/mol. The minimum absolute atomic E-state index is 0.0444. The van der Waals surface area contributed by atoms with E-state index < -0.39 is 10.0 Å². The van der Waals surface area contributed by atoms with E-state index in [-0.39, 0.29) is 22.4 Å². The predicted molar refractivity (Wildman–Crippen MR) is 100 cm³/mol. The molecule has 0 aliphatic carbocycles. The van der Waals surface area contributed by atoms with Crippen LogP contribution in [0.3, 0.4) is 0 Å². The highest BCUT2D eigenvalue weighted by Gasteiger charge is 2.30. The summed E-state index contributed by atoms with van der Waals surface area (Å²) in [4.78, 5) is 15.1. The number of hydrogen-bond donors (Lipinski definition) is 1. The maximum atomic E-state index is 13.0. The van der Waals surface area contributed by atoms with Crippen LogP contribution in [0.5, 0.6) is 0 Å². The third-order valence-electron chi connectivity index (χ3n) is 4.73. The zero-order valence-electron chi connectivity index (χ0n) is 15.6. The Labute approximate surface area is 160 Å². The van der Waals surface area contributed by atoms with Gasteiger partial charge in [0, 0.05) is 38.8 Å². The molecule has 1 unspecified atom stereocenters. The molecule has 9 heteroatoms. The van der Waals surface area contributed by atoms with E-state index in [2.05, 4.69) is 10.2 Å². The van der Waals surface area contributed by atoms with Gasteiger partial charge in [0.1, 0.15) is 0 Å². The van der Waals surface area contributed by atoms with Crippen LogP contribution in [0.15, 0.2) is 29.2 Å². The fraction of sp³-hybridized carbons (Fsp3) is 0.611. The van der Waals surface area contributed by atoms with Gasteiger partial charge in [-0.2, -0.15) is 4.31 Å². The van der Waals surface area contributed by atoms with Crippen LogP contribution in [0.25, 0.3) is 0 Å². The van der Waals surface area contributed by atoms with Crippen molar-refractivity contribution >= 4 is 15.9 Å². The Kier molecular flexibility index (Phi) is 6.83. The molecule has 1 aromatic carbocycles. The number of carbonyl (C=O) groups excluding carboxylic acids is 1. The number of rotatable bonds is 6. The molecule has 8 nitrogen and oxygen atoms in total. The van der Waals surface area contributed by atoms with Crippen LogP contribution in [0.1, 0.15) is 17.3 Å². The van der Waals surface area contributed by atoms with Crippen LogP contribution in [-0.4, -0.2) is 88.7 Å². The average molecular weight is 397 g/mol. The number of hydrogen-bond acceptors (Lipinski definition) is 6. The molecule has 2 fully saturated rings. The molecule has 1 N–H and O–H groups in total. The first-order valence-corrected chi connectivity index (χ1v) is 10.7. The van der Waals surface area contributed by atoms with Gasteiger partial charge in [-0.05, 0) is 19.1 Å². The van der Waals surface area contributed by atoms with E-state index in [0.717, 1.165) is 13.1 Å². The first-order chi connectivity index (χ1) is 13.0. The highest BCUT2D eigenvalue weighted by molar-refractivity contribution is 7.89. The molecule has 1 aromatic rings. The summed E-state index contributed by atoms with van der Waals surface area (Å²) >= 11 is 0. The van der Waals surface area contributed by atoms with E-state index >= 15 is 0 Å². The van der Waals surface area contributed by atoms with E-state index in [4.69, 9.17) is 9.47 Å². The fourth-order valence-electron chi connectivity index (χ4n) is 3.32. The molecule has 0 spiro atoms. The van der Waals surface area contributed by atoms with Gasteiger partial charge in [0.2, 0.25) is 10.0 Å². The van der Waals surface area contributed by atoms with Gasteiger partial charge in [-0.15, -0.1) is 0 Å². The first kappa shape index (κ1) is 20.2. The SMILES string of the molecule is CC(CN1CCOCC1)NC(=O)c1ccccc1S(=O)(=O)N1CCOCC1. The van der Waals surface area contributed by atoms with Gasteiger partial charge in [0.25, 0.3) is 5.91 Å². The minimum atomic E-state index is -3.74. The smallest absolute Gasteiger partial charge is 0.252 e. The molecule has 2 saturated heterocycles. The van der Waals surface area contributed by atoms with E-state index in [1.165, 1.54) is 10.4 Å². The number of ether oxygens (including phenoxy) is 2. The minimum Gasteiger partial charge on any atom is -0.379 e. The molecule has 0 radical (unpaired) electrons. The van der Waals surface area contributed by atoms with Gasteiger partial charge in [0.05, 0.1) is 36.9 Å². The van der Waals surface area contributed by atoms with Crippen molar-refractivity contribution in [2.75, 3.05) is 59.2 Å². The van der Waals surface area contributed by atoms with Crippen molar-refractivity contribution in [3.63, 3.8) is 0 Å². The molecule has 27 heavy (non-hydrogen) atoms. The Hall–Kier alpha value is -1.52. The maximum absolute atomic E-state index is 13.0. The van der Waals surface area contributed by atoms with E-state index in [1.54, 1.807) is 18.2 Å². The van der Waals surface area contributed by atoms with Gasteiger partial charge >= 0.3 is 0 Å². The molecule has 2 heterocycles. The standard InChI is InChI=1S/C18H27N3O5S/c1-15(14-20-6-10-25-11-7-20)19-18(22)16-4-2-3-5-17(16)27(23,24)21-8-12-26-13-9-21/h2-5,15H,6-14H2,1H3,(H,19,22). The first-order valence-electron chi connectivity index (χ1n) is 9.26. The summed E-state index contributed by atoms with van der Waals surface area (Å²) < 4.78 is 37.9. The van der Waals surface area contributed by atoms with Crippen LogP contribution >= 0.6 is 0 Å². The van der Waals surface area contributed by atoms with Crippen molar-refractivity contribution in [3.8, 4) is 0 Å². The Morgan fingerprint density at radius 3 is 2.33 bits per heavy atom. The van der Waals surface area contributed by atoms with Gasteiger partial charge in [-0.1, -0.05) is 12.1 Å². The molecule has 0 saturated carbocycles. The second-order valence-corrected chi connectivity index (χ2v) is 8.71. The Bertz CT molecular complexity index is 743. The molecular formula is C18H27N3O5S. The average Bonchev–Trinajstić information content (AvgIpc) is 2.69. The molecule has 2 aliphatic rings. The van der Waals surface area contributed by atoms with E-state index in [0.29, 0.717) is 46.1 Å². The lowest BCUT2D eigenvalue weighted by atomic mass is 10.2. The van der Waals surface area contributed by atoms with Crippen molar-refractivity contribution in [3.05, 3.63) is 29.8 Å². The quantitative estimate of drug-likeness (QED) is 0.736. The zero-order chi connectivity index (χ0) is 19.3. The maximum Gasteiger partial charge on any atom is 0.252 e. The molecule has 0 aromatic heterocycles. The highest BCUT2D eigenvalue weighted by atomic mass is 32.2. The number of nitrogens with zero attached hydrogens (tertiary/aromatic N) is 2. The number of amides is 1. The van der Waals surface area contributed by atoms with Gasteiger partial charge < -0.3 is 14.8 Å².